The number of hydrogen-bond acceptors (Lipinski definition) is 3. The molecule has 0 spiro atoms. The maximum Gasteiger partial charge on any atom is 0.270 e. The van der Waals surface area contributed by atoms with Crippen molar-refractivity contribution in [2.24, 2.45) is 0 Å². The molecule has 1 heterocycles. The minimum atomic E-state index is -0.564. The SMILES string of the molecule is CCC[C@@H](NC(=O)c1ccc2cccc(Cl)c2n1)C(=O)NC. The number of halogens is 1. The number of hydrogen-bond donors (Lipinski definition) is 2. The number of nitrogens with one attached hydrogen (secondary N) is 2. The lowest BCUT2D eigenvalue weighted by molar-refractivity contribution is -0.122. The Kier molecular flexibility index (Phi) is 5.33. The minimum Gasteiger partial charge on any atom is -0.357 e. The van der Waals surface area contributed by atoms with Crippen molar-refractivity contribution in [2.75, 3.05) is 7.05 Å². The summed E-state index contributed by atoms with van der Waals surface area (Å²) in [7, 11) is 1.55. The third-order valence-corrected chi connectivity index (χ3v) is 3.65. The van der Waals surface area contributed by atoms with Crippen molar-refractivity contribution in [1.29, 1.82) is 0 Å². The molecule has 0 bridgehead atoms. The first-order chi connectivity index (χ1) is 10.6. The highest BCUT2D eigenvalue weighted by Crippen LogP contribution is 2.21. The van der Waals surface area contributed by atoms with Gasteiger partial charge in [0, 0.05) is 12.4 Å². The molecular formula is C16H18ClN3O2. The van der Waals surface area contributed by atoms with Crippen LogP contribution < -0.4 is 10.6 Å². The molecule has 0 aliphatic carbocycles. The molecule has 0 saturated heterocycles. The molecule has 6 heteroatoms. The first kappa shape index (κ1) is 16.2. The van der Waals surface area contributed by atoms with E-state index in [4.69, 9.17) is 11.6 Å². The third-order valence-electron chi connectivity index (χ3n) is 3.35. The van der Waals surface area contributed by atoms with Crippen molar-refractivity contribution in [1.82, 2.24) is 15.6 Å². The van der Waals surface area contributed by atoms with Crippen molar-refractivity contribution in [3.05, 3.63) is 41.0 Å². The normalized spacial score (nSPS) is 12.0. The second kappa shape index (κ2) is 7.22. The molecule has 1 aromatic heterocycles. The van der Waals surface area contributed by atoms with Crippen molar-refractivity contribution >= 4 is 34.3 Å². The number of carbonyl (C=O) groups excluding carboxylic acids is 2. The van der Waals surface area contributed by atoms with E-state index < -0.39 is 6.04 Å². The number of benzene rings is 1. The summed E-state index contributed by atoms with van der Waals surface area (Å²) in [6, 6.07) is 8.28. The van der Waals surface area contributed by atoms with E-state index in [-0.39, 0.29) is 17.5 Å². The van der Waals surface area contributed by atoms with Gasteiger partial charge in [-0.15, -0.1) is 0 Å². The van der Waals surface area contributed by atoms with Gasteiger partial charge in [-0.05, 0) is 18.6 Å². The lowest BCUT2D eigenvalue weighted by Crippen LogP contribution is -2.45. The summed E-state index contributed by atoms with van der Waals surface area (Å²) in [5.41, 5.74) is 0.814. The summed E-state index contributed by atoms with van der Waals surface area (Å²) < 4.78 is 0. The molecule has 0 saturated carbocycles. The molecule has 0 radical (unpaired) electrons. The highest BCUT2D eigenvalue weighted by Gasteiger charge is 2.20. The second-order valence-electron chi connectivity index (χ2n) is 4.94. The van der Waals surface area contributed by atoms with E-state index >= 15 is 0 Å². The van der Waals surface area contributed by atoms with Crippen LogP contribution in [0, 0.1) is 0 Å². The zero-order chi connectivity index (χ0) is 16.1. The van der Waals surface area contributed by atoms with Crippen molar-refractivity contribution in [3.8, 4) is 0 Å². The van der Waals surface area contributed by atoms with Gasteiger partial charge < -0.3 is 10.6 Å². The fourth-order valence-electron chi connectivity index (χ4n) is 2.20. The largest absolute Gasteiger partial charge is 0.357 e. The van der Waals surface area contributed by atoms with E-state index in [9.17, 15) is 9.59 Å². The van der Waals surface area contributed by atoms with E-state index in [0.717, 1.165) is 11.8 Å². The van der Waals surface area contributed by atoms with Crippen LogP contribution in [0.5, 0.6) is 0 Å². The van der Waals surface area contributed by atoms with Gasteiger partial charge >= 0.3 is 0 Å². The van der Waals surface area contributed by atoms with E-state index in [0.29, 0.717) is 17.0 Å². The lowest BCUT2D eigenvalue weighted by atomic mass is 10.1. The lowest BCUT2D eigenvalue weighted by Gasteiger charge is -2.16. The number of rotatable bonds is 5. The molecule has 5 nitrogen and oxygen atoms in total. The van der Waals surface area contributed by atoms with Crippen LogP contribution in [0.1, 0.15) is 30.3 Å². The zero-order valence-corrected chi connectivity index (χ0v) is 13.3. The van der Waals surface area contributed by atoms with Crippen LogP contribution in [0.4, 0.5) is 0 Å². The van der Waals surface area contributed by atoms with E-state index in [2.05, 4.69) is 15.6 Å². The predicted molar refractivity (Wildman–Crippen MR) is 87.0 cm³/mol. The molecule has 0 aliphatic rings. The molecule has 2 rings (SSSR count). The highest BCUT2D eigenvalue weighted by molar-refractivity contribution is 6.35. The smallest absolute Gasteiger partial charge is 0.270 e. The van der Waals surface area contributed by atoms with Crippen LogP contribution in [0.25, 0.3) is 10.9 Å². The van der Waals surface area contributed by atoms with Crippen LogP contribution in [0.15, 0.2) is 30.3 Å². The number of pyridine rings is 1. The van der Waals surface area contributed by atoms with E-state index in [1.54, 1.807) is 25.2 Å². The topological polar surface area (TPSA) is 71.1 Å². The molecule has 2 N–H and O–H groups in total. The van der Waals surface area contributed by atoms with Crippen molar-refractivity contribution in [3.63, 3.8) is 0 Å². The maximum atomic E-state index is 12.3. The highest BCUT2D eigenvalue weighted by atomic mass is 35.5. The Hall–Kier alpha value is -2.14. The van der Waals surface area contributed by atoms with Crippen LogP contribution >= 0.6 is 11.6 Å². The Morgan fingerprint density at radius 3 is 2.73 bits per heavy atom. The summed E-state index contributed by atoms with van der Waals surface area (Å²) >= 11 is 6.10. The van der Waals surface area contributed by atoms with E-state index in [1.807, 2.05) is 19.1 Å². The van der Waals surface area contributed by atoms with Gasteiger partial charge in [-0.2, -0.15) is 0 Å². The molecule has 0 aliphatic heterocycles. The summed E-state index contributed by atoms with van der Waals surface area (Å²) in [6.07, 6.45) is 1.36. The monoisotopic (exact) mass is 319 g/mol. The number of amides is 2. The molecule has 0 fully saturated rings. The van der Waals surface area contributed by atoms with Crippen molar-refractivity contribution in [2.45, 2.75) is 25.8 Å². The molecule has 0 unspecified atom stereocenters. The first-order valence-electron chi connectivity index (χ1n) is 7.14. The van der Waals surface area contributed by atoms with Gasteiger partial charge in [0.15, 0.2) is 0 Å². The van der Waals surface area contributed by atoms with Gasteiger partial charge in [-0.3, -0.25) is 9.59 Å². The summed E-state index contributed by atoms with van der Waals surface area (Å²) in [5.74, 6) is -0.599. The molecule has 1 aromatic carbocycles. The summed E-state index contributed by atoms with van der Waals surface area (Å²) in [6.45, 7) is 1.95. The first-order valence-corrected chi connectivity index (χ1v) is 7.52. The average Bonchev–Trinajstić information content (AvgIpc) is 2.53. The van der Waals surface area contributed by atoms with Crippen molar-refractivity contribution < 1.29 is 9.59 Å². The average molecular weight is 320 g/mol. The Balaban J connectivity index is 2.25. The number of fused-ring (bicyclic) bond motifs is 1. The van der Waals surface area contributed by atoms with Crippen LogP contribution in [0.3, 0.4) is 0 Å². The fraction of sp³-hybridized carbons (Fsp3) is 0.312. The number of carbonyl (C=O) groups is 2. The molecule has 22 heavy (non-hydrogen) atoms. The summed E-state index contributed by atoms with van der Waals surface area (Å²) in [4.78, 5) is 28.4. The standard InChI is InChI=1S/C16H18ClN3O2/c1-3-5-12(15(21)18-2)20-16(22)13-9-8-10-6-4-7-11(17)14(10)19-13/h4,6-9,12H,3,5H2,1-2H3,(H,18,21)(H,20,22)/t12-/m1/s1. The Morgan fingerprint density at radius 2 is 2.05 bits per heavy atom. The minimum absolute atomic E-state index is 0.214. The fourth-order valence-corrected chi connectivity index (χ4v) is 2.43. The van der Waals surface area contributed by atoms with E-state index in [1.165, 1.54) is 0 Å². The molecule has 116 valence electrons. The molecule has 2 amide bonds. The van der Waals surface area contributed by atoms with Gasteiger partial charge in [-0.25, -0.2) is 4.98 Å². The quantitative estimate of drug-likeness (QED) is 0.889. The third kappa shape index (κ3) is 3.54. The Bertz CT molecular complexity index is 703. The van der Waals surface area contributed by atoms with Gasteiger partial charge in [0.1, 0.15) is 11.7 Å². The Labute approximate surface area is 134 Å². The van der Waals surface area contributed by atoms with Crippen LogP contribution in [-0.4, -0.2) is 29.9 Å². The van der Waals surface area contributed by atoms with Gasteiger partial charge in [0.05, 0.1) is 10.5 Å². The number of nitrogens with zero attached hydrogens (tertiary/aromatic N) is 1. The van der Waals surface area contributed by atoms with Gasteiger partial charge in [0.25, 0.3) is 5.91 Å². The molecular weight excluding hydrogens is 302 g/mol. The molecule has 1 atom stereocenters. The number of aromatic nitrogens is 1. The van der Waals surface area contributed by atoms with Crippen LogP contribution in [-0.2, 0) is 4.79 Å². The van der Waals surface area contributed by atoms with Gasteiger partial charge in [0.2, 0.25) is 5.91 Å². The Morgan fingerprint density at radius 1 is 1.27 bits per heavy atom. The number of para-hydroxylation sites is 1. The molecule has 2 aromatic rings. The predicted octanol–water partition coefficient (Wildman–Crippen LogP) is 2.53. The second-order valence-corrected chi connectivity index (χ2v) is 5.34. The van der Waals surface area contributed by atoms with Crippen LogP contribution in [0.2, 0.25) is 5.02 Å². The zero-order valence-electron chi connectivity index (χ0n) is 12.5. The summed E-state index contributed by atoms with van der Waals surface area (Å²) in [5, 5.41) is 6.61. The number of likely N-dealkylation sites (N-methyl/N-ethyl adjacent to an activating group) is 1. The van der Waals surface area contributed by atoms with Gasteiger partial charge in [-0.1, -0.05) is 43.1 Å². The maximum absolute atomic E-state index is 12.3.